The molecule has 4 heteroatoms. The van der Waals surface area contributed by atoms with E-state index in [4.69, 9.17) is 4.74 Å². The van der Waals surface area contributed by atoms with Gasteiger partial charge >= 0.3 is 0 Å². The Bertz CT molecular complexity index is 470. The zero-order valence-electron chi connectivity index (χ0n) is 13.6. The fourth-order valence-corrected chi connectivity index (χ4v) is 3.35. The molecule has 118 valence electrons. The van der Waals surface area contributed by atoms with Gasteiger partial charge in [0, 0.05) is 11.1 Å². The third kappa shape index (κ3) is 3.38. The van der Waals surface area contributed by atoms with Crippen molar-refractivity contribution < 1.29 is 9.13 Å². The van der Waals surface area contributed by atoms with E-state index < -0.39 is 0 Å². The number of benzene rings is 1. The first kappa shape index (κ1) is 16.2. The fourth-order valence-electron chi connectivity index (χ4n) is 3.35. The average Bonchev–Trinajstić information content (AvgIpc) is 2.99. The monoisotopic (exact) mass is 294 g/mol. The maximum atomic E-state index is 13.8. The van der Waals surface area contributed by atoms with Gasteiger partial charge in [-0.3, -0.25) is 4.90 Å². The van der Waals surface area contributed by atoms with E-state index >= 15 is 0 Å². The molecule has 0 saturated carbocycles. The van der Waals surface area contributed by atoms with E-state index in [0.29, 0.717) is 0 Å². The number of methoxy groups -OCH3 is 1. The van der Waals surface area contributed by atoms with Crippen molar-refractivity contribution in [3.05, 3.63) is 29.6 Å². The van der Waals surface area contributed by atoms with E-state index in [-0.39, 0.29) is 17.4 Å². The van der Waals surface area contributed by atoms with Crippen LogP contribution in [0.2, 0.25) is 0 Å². The molecular weight excluding hydrogens is 267 g/mol. The molecule has 21 heavy (non-hydrogen) atoms. The summed E-state index contributed by atoms with van der Waals surface area (Å²) in [6.45, 7) is 9.59. The third-order valence-electron chi connectivity index (χ3n) is 4.54. The second kappa shape index (κ2) is 6.75. The molecule has 2 rings (SSSR count). The van der Waals surface area contributed by atoms with Crippen LogP contribution in [0.15, 0.2) is 18.2 Å². The summed E-state index contributed by atoms with van der Waals surface area (Å²) in [6, 6.07) is 4.80. The zero-order chi connectivity index (χ0) is 15.5. The lowest BCUT2D eigenvalue weighted by atomic mass is 9.86. The van der Waals surface area contributed by atoms with Gasteiger partial charge in [-0.15, -0.1) is 0 Å². The number of hydrogen-bond acceptors (Lipinski definition) is 3. The van der Waals surface area contributed by atoms with Crippen LogP contribution in [-0.4, -0.2) is 37.2 Å². The van der Waals surface area contributed by atoms with E-state index in [0.717, 1.165) is 30.9 Å². The molecule has 3 nitrogen and oxygen atoms in total. The summed E-state index contributed by atoms with van der Waals surface area (Å²) >= 11 is 0. The summed E-state index contributed by atoms with van der Waals surface area (Å²) in [5, 5.41) is 3.53. The molecule has 0 aliphatic carbocycles. The molecule has 1 unspecified atom stereocenters. The number of nitrogens with zero attached hydrogens (tertiary/aromatic N) is 1. The van der Waals surface area contributed by atoms with Crippen LogP contribution in [0, 0.1) is 5.82 Å². The summed E-state index contributed by atoms with van der Waals surface area (Å²) in [4.78, 5) is 2.49. The molecule has 0 spiro atoms. The Morgan fingerprint density at radius 1 is 1.33 bits per heavy atom. The Labute approximate surface area is 127 Å². The van der Waals surface area contributed by atoms with E-state index in [2.05, 4.69) is 31.0 Å². The molecule has 1 aliphatic heterocycles. The molecule has 1 N–H and O–H groups in total. The van der Waals surface area contributed by atoms with Crippen molar-refractivity contribution in [2.45, 2.75) is 45.2 Å². The van der Waals surface area contributed by atoms with Gasteiger partial charge in [0.15, 0.2) is 0 Å². The lowest BCUT2D eigenvalue weighted by molar-refractivity contribution is 0.106. The second-order valence-electron chi connectivity index (χ2n) is 6.22. The van der Waals surface area contributed by atoms with Crippen molar-refractivity contribution in [1.29, 1.82) is 0 Å². The summed E-state index contributed by atoms with van der Waals surface area (Å²) in [6.07, 6.45) is 2.48. The van der Waals surface area contributed by atoms with Crippen LogP contribution in [0.1, 0.15) is 45.2 Å². The first-order valence-corrected chi connectivity index (χ1v) is 7.82. The minimum Gasteiger partial charge on any atom is -0.496 e. The van der Waals surface area contributed by atoms with Crippen LogP contribution >= 0.6 is 0 Å². The Kier molecular flexibility index (Phi) is 5.22. The van der Waals surface area contributed by atoms with Crippen molar-refractivity contribution in [3.8, 4) is 5.75 Å². The SMILES string of the molecule is CCNC(c1cc(F)ccc1OC)C(C)(C)N1CCCC1. The molecule has 1 aromatic rings. The number of nitrogens with one attached hydrogen (secondary N) is 1. The van der Waals surface area contributed by atoms with Crippen molar-refractivity contribution in [2.24, 2.45) is 0 Å². The molecule has 1 aliphatic rings. The highest BCUT2D eigenvalue weighted by Crippen LogP contribution is 2.37. The van der Waals surface area contributed by atoms with Gasteiger partial charge in [-0.2, -0.15) is 0 Å². The Morgan fingerprint density at radius 2 is 2.00 bits per heavy atom. The molecule has 0 bridgehead atoms. The molecule has 1 heterocycles. The molecule has 0 aromatic heterocycles. The van der Waals surface area contributed by atoms with Gasteiger partial charge in [-0.1, -0.05) is 6.92 Å². The highest BCUT2D eigenvalue weighted by Gasteiger charge is 2.38. The van der Waals surface area contributed by atoms with E-state index in [1.807, 2.05) is 0 Å². The first-order valence-electron chi connectivity index (χ1n) is 7.82. The van der Waals surface area contributed by atoms with Gasteiger partial charge in [-0.05, 0) is 64.5 Å². The normalized spacial score (nSPS) is 18.0. The summed E-state index contributed by atoms with van der Waals surface area (Å²) in [5.74, 6) is 0.528. The molecule has 0 radical (unpaired) electrons. The molecule has 1 saturated heterocycles. The number of halogens is 1. The van der Waals surface area contributed by atoms with Crippen molar-refractivity contribution >= 4 is 0 Å². The van der Waals surface area contributed by atoms with E-state index in [9.17, 15) is 4.39 Å². The van der Waals surface area contributed by atoms with Gasteiger partial charge in [0.2, 0.25) is 0 Å². The van der Waals surface area contributed by atoms with Crippen molar-refractivity contribution in [3.63, 3.8) is 0 Å². The second-order valence-corrected chi connectivity index (χ2v) is 6.22. The van der Waals surface area contributed by atoms with Crippen LogP contribution in [0.5, 0.6) is 5.75 Å². The van der Waals surface area contributed by atoms with Crippen molar-refractivity contribution in [2.75, 3.05) is 26.7 Å². The van der Waals surface area contributed by atoms with Gasteiger partial charge < -0.3 is 10.1 Å². The van der Waals surface area contributed by atoms with E-state index in [1.165, 1.54) is 18.9 Å². The van der Waals surface area contributed by atoms with Crippen LogP contribution in [0.3, 0.4) is 0 Å². The van der Waals surface area contributed by atoms with Crippen LogP contribution in [-0.2, 0) is 0 Å². The van der Waals surface area contributed by atoms with E-state index in [1.54, 1.807) is 19.2 Å². The fraction of sp³-hybridized carbons (Fsp3) is 0.647. The Balaban J connectivity index is 2.40. The molecular formula is C17H27FN2O. The lowest BCUT2D eigenvalue weighted by Gasteiger charge is -2.43. The van der Waals surface area contributed by atoms with Gasteiger partial charge in [0.05, 0.1) is 13.2 Å². The zero-order valence-corrected chi connectivity index (χ0v) is 13.6. The number of likely N-dealkylation sites (N-methyl/N-ethyl adjacent to an activating group) is 1. The average molecular weight is 294 g/mol. The van der Waals surface area contributed by atoms with Crippen LogP contribution in [0.25, 0.3) is 0 Å². The molecule has 1 fully saturated rings. The van der Waals surface area contributed by atoms with Crippen LogP contribution in [0.4, 0.5) is 4.39 Å². The topological polar surface area (TPSA) is 24.5 Å². The Hall–Kier alpha value is -1.13. The number of likely N-dealkylation sites (tertiary alicyclic amines) is 1. The van der Waals surface area contributed by atoms with Crippen LogP contribution < -0.4 is 10.1 Å². The molecule has 0 amide bonds. The summed E-state index contributed by atoms with van der Waals surface area (Å²) < 4.78 is 19.2. The maximum absolute atomic E-state index is 13.8. The minimum atomic E-state index is -0.217. The summed E-state index contributed by atoms with van der Waals surface area (Å²) in [5.41, 5.74) is 0.810. The highest BCUT2D eigenvalue weighted by atomic mass is 19.1. The third-order valence-corrected chi connectivity index (χ3v) is 4.54. The Morgan fingerprint density at radius 3 is 2.57 bits per heavy atom. The summed E-state index contributed by atoms with van der Waals surface area (Å²) in [7, 11) is 1.64. The quantitative estimate of drug-likeness (QED) is 0.870. The molecule has 1 aromatic carbocycles. The lowest BCUT2D eigenvalue weighted by Crippen LogP contribution is -2.51. The predicted octanol–water partition coefficient (Wildman–Crippen LogP) is 3.36. The smallest absolute Gasteiger partial charge is 0.123 e. The number of rotatable bonds is 6. The largest absolute Gasteiger partial charge is 0.496 e. The van der Waals surface area contributed by atoms with Gasteiger partial charge in [-0.25, -0.2) is 4.39 Å². The van der Waals surface area contributed by atoms with Gasteiger partial charge in [0.1, 0.15) is 11.6 Å². The first-order chi connectivity index (χ1) is 10.0. The molecule has 1 atom stereocenters. The number of ether oxygens (including phenoxy) is 1. The standard InChI is InChI=1S/C17H27FN2O/c1-5-19-16(17(2,3)20-10-6-7-11-20)14-12-13(18)8-9-15(14)21-4/h8-9,12,16,19H,5-7,10-11H2,1-4H3. The predicted molar refractivity (Wildman–Crippen MR) is 84.3 cm³/mol. The maximum Gasteiger partial charge on any atom is 0.123 e. The highest BCUT2D eigenvalue weighted by molar-refractivity contribution is 5.38. The van der Waals surface area contributed by atoms with Crippen molar-refractivity contribution in [1.82, 2.24) is 10.2 Å². The number of hydrogen-bond donors (Lipinski definition) is 1. The van der Waals surface area contributed by atoms with Gasteiger partial charge in [0.25, 0.3) is 0 Å². The minimum absolute atomic E-state index is 0.0336.